The van der Waals surface area contributed by atoms with E-state index in [0.29, 0.717) is 6.04 Å². The standard InChI is InChI=1S/C13H19BrN2O/c1-9-7-13(11(14)8-12(9)15)16(5-6-17-2)10-3-4-10/h7-8,10H,3-6,15H2,1-2H3. The van der Waals surface area contributed by atoms with Crippen molar-refractivity contribution in [3.05, 3.63) is 22.2 Å². The zero-order valence-corrected chi connectivity index (χ0v) is 12.0. The molecule has 0 heterocycles. The van der Waals surface area contributed by atoms with E-state index in [-0.39, 0.29) is 0 Å². The molecule has 1 aromatic rings. The fourth-order valence-electron chi connectivity index (χ4n) is 1.98. The van der Waals surface area contributed by atoms with Gasteiger partial charge in [-0.2, -0.15) is 0 Å². The molecule has 0 atom stereocenters. The van der Waals surface area contributed by atoms with E-state index in [4.69, 9.17) is 10.5 Å². The van der Waals surface area contributed by atoms with Crippen molar-refractivity contribution in [1.82, 2.24) is 0 Å². The Morgan fingerprint density at radius 3 is 2.76 bits per heavy atom. The van der Waals surface area contributed by atoms with Crippen molar-refractivity contribution in [3.63, 3.8) is 0 Å². The summed E-state index contributed by atoms with van der Waals surface area (Å²) in [6.07, 6.45) is 2.55. The van der Waals surface area contributed by atoms with E-state index in [2.05, 4.69) is 26.9 Å². The Balaban J connectivity index is 2.25. The lowest BCUT2D eigenvalue weighted by molar-refractivity contribution is 0.205. The number of nitrogens with zero attached hydrogens (tertiary/aromatic N) is 1. The smallest absolute Gasteiger partial charge is 0.0637 e. The maximum absolute atomic E-state index is 5.91. The lowest BCUT2D eigenvalue weighted by atomic mass is 10.1. The monoisotopic (exact) mass is 298 g/mol. The number of nitrogen functional groups attached to an aromatic ring is 1. The van der Waals surface area contributed by atoms with Crippen LogP contribution in [0.2, 0.25) is 0 Å². The number of anilines is 2. The predicted octanol–water partition coefficient (Wildman–Crippen LogP) is 2.95. The van der Waals surface area contributed by atoms with E-state index in [1.165, 1.54) is 18.5 Å². The van der Waals surface area contributed by atoms with Gasteiger partial charge in [0.05, 0.1) is 12.3 Å². The lowest BCUT2D eigenvalue weighted by Crippen LogP contribution is -2.29. The number of benzene rings is 1. The summed E-state index contributed by atoms with van der Waals surface area (Å²) >= 11 is 3.61. The van der Waals surface area contributed by atoms with Crippen molar-refractivity contribution in [2.24, 2.45) is 0 Å². The Morgan fingerprint density at radius 1 is 1.47 bits per heavy atom. The zero-order chi connectivity index (χ0) is 12.4. The molecule has 1 aromatic carbocycles. The molecular weight excluding hydrogens is 280 g/mol. The van der Waals surface area contributed by atoms with Gasteiger partial charge in [0.1, 0.15) is 0 Å². The Bertz CT molecular complexity index is 405. The van der Waals surface area contributed by atoms with Gasteiger partial charge < -0.3 is 15.4 Å². The number of hydrogen-bond donors (Lipinski definition) is 1. The molecule has 1 fully saturated rings. The third kappa shape index (κ3) is 2.93. The molecule has 0 spiro atoms. The summed E-state index contributed by atoms with van der Waals surface area (Å²) in [5, 5.41) is 0. The highest BCUT2D eigenvalue weighted by Crippen LogP contribution is 2.37. The molecule has 4 heteroatoms. The number of methoxy groups -OCH3 is 1. The van der Waals surface area contributed by atoms with Gasteiger partial charge in [-0.25, -0.2) is 0 Å². The topological polar surface area (TPSA) is 38.5 Å². The second kappa shape index (κ2) is 5.27. The first kappa shape index (κ1) is 12.7. The summed E-state index contributed by atoms with van der Waals surface area (Å²) in [4.78, 5) is 2.42. The second-order valence-electron chi connectivity index (χ2n) is 4.58. The minimum absolute atomic E-state index is 0.671. The first-order chi connectivity index (χ1) is 8.13. The van der Waals surface area contributed by atoms with Gasteiger partial charge in [-0.05, 0) is 53.4 Å². The average Bonchev–Trinajstić information content (AvgIpc) is 3.10. The summed E-state index contributed by atoms with van der Waals surface area (Å²) in [6, 6.07) is 4.82. The van der Waals surface area contributed by atoms with Crippen LogP contribution in [0.3, 0.4) is 0 Å². The molecule has 2 N–H and O–H groups in total. The lowest BCUT2D eigenvalue weighted by Gasteiger charge is -2.26. The molecule has 3 nitrogen and oxygen atoms in total. The van der Waals surface area contributed by atoms with Crippen LogP contribution in [0, 0.1) is 6.92 Å². The van der Waals surface area contributed by atoms with Gasteiger partial charge in [-0.3, -0.25) is 0 Å². The zero-order valence-electron chi connectivity index (χ0n) is 10.4. The van der Waals surface area contributed by atoms with Crippen LogP contribution in [-0.2, 0) is 4.74 Å². The molecule has 17 heavy (non-hydrogen) atoms. The van der Waals surface area contributed by atoms with Crippen molar-refractivity contribution in [1.29, 1.82) is 0 Å². The molecule has 2 rings (SSSR count). The fourth-order valence-corrected chi connectivity index (χ4v) is 2.57. The van der Waals surface area contributed by atoms with Crippen LogP contribution in [0.5, 0.6) is 0 Å². The van der Waals surface area contributed by atoms with Gasteiger partial charge in [0.25, 0.3) is 0 Å². The molecule has 0 bridgehead atoms. The summed E-state index contributed by atoms with van der Waals surface area (Å²) in [5.74, 6) is 0. The Hall–Kier alpha value is -0.740. The van der Waals surface area contributed by atoms with E-state index in [1.807, 2.05) is 13.0 Å². The number of aryl methyl sites for hydroxylation is 1. The Labute approximate surface area is 111 Å². The van der Waals surface area contributed by atoms with Crippen molar-refractivity contribution in [2.75, 3.05) is 30.9 Å². The third-order valence-corrected chi connectivity index (χ3v) is 3.80. The molecular formula is C13H19BrN2O. The number of halogens is 1. The van der Waals surface area contributed by atoms with Crippen LogP contribution in [0.25, 0.3) is 0 Å². The highest BCUT2D eigenvalue weighted by atomic mass is 79.9. The van der Waals surface area contributed by atoms with Gasteiger partial charge >= 0.3 is 0 Å². The number of ether oxygens (including phenoxy) is 1. The Kier molecular flexibility index (Phi) is 3.94. The molecule has 0 aromatic heterocycles. The maximum atomic E-state index is 5.91. The molecule has 94 valence electrons. The summed E-state index contributed by atoms with van der Waals surface area (Å²) < 4.78 is 6.26. The number of nitrogens with two attached hydrogens (primary N) is 1. The van der Waals surface area contributed by atoms with Crippen molar-refractivity contribution in [3.8, 4) is 0 Å². The Morgan fingerprint density at radius 2 is 2.18 bits per heavy atom. The second-order valence-corrected chi connectivity index (χ2v) is 5.43. The van der Waals surface area contributed by atoms with E-state index in [9.17, 15) is 0 Å². The van der Waals surface area contributed by atoms with Crippen LogP contribution >= 0.6 is 15.9 Å². The van der Waals surface area contributed by atoms with E-state index in [1.54, 1.807) is 7.11 Å². The first-order valence-corrected chi connectivity index (χ1v) is 6.74. The predicted molar refractivity (Wildman–Crippen MR) is 75.5 cm³/mol. The molecule has 0 radical (unpaired) electrons. The molecule has 1 aliphatic rings. The van der Waals surface area contributed by atoms with E-state index in [0.717, 1.165) is 28.9 Å². The average molecular weight is 299 g/mol. The number of rotatable bonds is 5. The normalized spacial score (nSPS) is 15.0. The van der Waals surface area contributed by atoms with Crippen LogP contribution in [0.1, 0.15) is 18.4 Å². The van der Waals surface area contributed by atoms with E-state index < -0.39 is 0 Å². The minimum Gasteiger partial charge on any atom is -0.398 e. The quantitative estimate of drug-likeness (QED) is 0.850. The van der Waals surface area contributed by atoms with Crippen LogP contribution in [-0.4, -0.2) is 26.3 Å². The fraction of sp³-hybridized carbons (Fsp3) is 0.538. The van der Waals surface area contributed by atoms with Gasteiger partial charge in [-0.15, -0.1) is 0 Å². The molecule has 0 unspecified atom stereocenters. The maximum Gasteiger partial charge on any atom is 0.0637 e. The summed E-state index contributed by atoms with van der Waals surface area (Å²) in [7, 11) is 1.74. The number of hydrogen-bond acceptors (Lipinski definition) is 3. The van der Waals surface area contributed by atoms with Crippen LogP contribution < -0.4 is 10.6 Å². The van der Waals surface area contributed by atoms with Gasteiger partial charge in [0, 0.05) is 29.9 Å². The van der Waals surface area contributed by atoms with Gasteiger partial charge in [-0.1, -0.05) is 0 Å². The molecule has 0 amide bonds. The molecule has 0 aliphatic heterocycles. The molecule has 1 saturated carbocycles. The summed E-state index contributed by atoms with van der Waals surface area (Å²) in [6.45, 7) is 3.74. The molecule has 1 aliphatic carbocycles. The third-order valence-electron chi connectivity index (χ3n) is 3.17. The van der Waals surface area contributed by atoms with E-state index >= 15 is 0 Å². The van der Waals surface area contributed by atoms with Crippen molar-refractivity contribution in [2.45, 2.75) is 25.8 Å². The highest BCUT2D eigenvalue weighted by Gasteiger charge is 2.30. The molecule has 0 saturated heterocycles. The van der Waals surface area contributed by atoms with Crippen LogP contribution in [0.15, 0.2) is 16.6 Å². The van der Waals surface area contributed by atoms with Crippen molar-refractivity contribution < 1.29 is 4.74 Å². The SMILES string of the molecule is COCCN(c1cc(C)c(N)cc1Br)C1CC1. The van der Waals surface area contributed by atoms with Gasteiger partial charge in [0.2, 0.25) is 0 Å². The van der Waals surface area contributed by atoms with Crippen LogP contribution in [0.4, 0.5) is 11.4 Å². The minimum atomic E-state index is 0.671. The first-order valence-electron chi connectivity index (χ1n) is 5.94. The van der Waals surface area contributed by atoms with Crippen molar-refractivity contribution >= 4 is 27.3 Å². The largest absolute Gasteiger partial charge is 0.398 e. The van der Waals surface area contributed by atoms with Gasteiger partial charge in [0.15, 0.2) is 0 Å². The summed E-state index contributed by atoms with van der Waals surface area (Å²) in [5.41, 5.74) is 9.11. The highest BCUT2D eigenvalue weighted by molar-refractivity contribution is 9.10.